The Bertz CT molecular complexity index is 872. The normalized spacial score (nSPS) is 15.6. The van der Waals surface area contributed by atoms with Crippen molar-refractivity contribution in [2.75, 3.05) is 26.2 Å². The van der Waals surface area contributed by atoms with Gasteiger partial charge in [0.25, 0.3) is 5.91 Å². The first-order valence-corrected chi connectivity index (χ1v) is 8.98. The van der Waals surface area contributed by atoms with E-state index in [-0.39, 0.29) is 11.5 Å². The molecule has 0 spiro atoms. The Morgan fingerprint density at radius 3 is 2.72 bits per heavy atom. The lowest BCUT2D eigenvalue weighted by Gasteiger charge is -2.34. The minimum absolute atomic E-state index is 0.0922. The van der Waals surface area contributed by atoms with Crippen LogP contribution >= 0.6 is 11.3 Å². The van der Waals surface area contributed by atoms with E-state index in [2.05, 4.69) is 20.9 Å². The Morgan fingerprint density at radius 2 is 1.96 bits per heavy atom. The van der Waals surface area contributed by atoms with E-state index in [0.717, 1.165) is 36.4 Å². The first kappa shape index (κ1) is 16.1. The number of halogens is 1. The largest absolute Gasteiger partial charge is 0.336 e. The van der Waals surface area contributed by atoms with E-state index in [0.29, 0.717) is 13.1 Å². The number of nitrogens with zero attached hydrogens (tertiary/aromatic N) is 4. The van der Waals surface area contributed by atoms with Gasteiger partial charge >= 0.3 is 0 Å². The van der Waals surface area contributed by atoms with Crippen molar-refractivity contribution in [3.63, 3.8) is 0 Å². The lowest BCUT2D eigenvalue weighted by Crippen LogP contribution is -2.48. The van der Waals surface area contributed by atoms with Crippen LogP contribution in [0.2, 0.25) is 0 Å². The molecule has 5 nitrogen and oxygen atoms in total. The lowest BCUT2D eigenvalue weighted by molar-refractivity contribution is 0.0624. The first-order valence-electron chi connectivity index (χ1n) is 8.16. The Labute approximate surface area is 148 Å². The summed E-state index contributed by atoms with van der Waals surface area (Å²) in [7, 11) is 0. The second kappa shape index (κ2) is 6.85. The molecule has 0 saturated carbocycles. The molecule has 4 rings (SSSR count). The second-order valence-electron chi connectivity index (χ2n) is 6.00. The molecule has 1 aliphatic heterocycles. The maximum atomic E-state index is 13.7. The zero-order chi connectivity index (χ0) is 17.2. The monoisotopic (exact) mass is 356 g/mol. The molecule has 1 saturated heterocycles. The van der Waals surface area contributed by atoms with E-state index >= 15 is 0 Å². The van der Waals surface area contributed by atoms with E-state index in [1.807, 2.05) is 18.2 Å². The maximum absolute atomic E-state index is 13.7. The smallest absolute Gasteiger partial charge is 0.257 e. The van der Waals surface area contributed by atoms with Crippen molar-refractivity contribution in [3.05, 3.63) is 59.1 Å². The van der Waals surface area contributed by atoms with E-state index < -0.39 is 5.82 Å². The van der Waals surface area contributed by atoms with Crippen LogP contribution in [0.25, 0.3) is 10.2 Å². The Kier molecular flexibility index (Phi) is 4.42. The number of hydrogen-bond acceptors (Lipinski definition) is 5. The highest BCUT2D eigenvalue weighted by atomic mass is 32.1. The SMILES string of the molecule is O=C(c1ccncc1F)N1CCN(Cc2nc3ccccc3s2)CC1. The summed E-state index contributed by atoms with van der Waals surface area (Å²) in [4.78, 5) is 24.8. The molecule has 0 aliphatic carbocycles. The van der Waals surface area contributed by atoms with Gasteiger partial charge in [-0.05, 0) is 18.2 Å². The summed E-state index contributed by atoms with van der Waals surface area (Å²) in [6, 6.07) is 9.55. The summed E-state index contributed by atoms with van der Waals surface area (Å²) in [5.74, 6) is -0.830. The minimum Gasteiger partial charge on any atom is -0.336 e. The number of hydrogen-bond donors (Lipinski definition) is 0. The van der Waals surface area contributed by atoms with Crippen molar-refractivity contribution in [2.45, 2.75) is 6.54 Å². The van der Waals surface area contributed by atoms with Gasteiger partial charge in [-0.2, -0.15) is 0 Å². The van der Waals surface area contributed by atoms with Crippen LogP contribution in [0, 0.1) is 5.82 Å². The molecule has 0 unspecified atom stereocenters. The predicted octanol–water partition coefficient (Wildman–Crippen LogP) is 2.79. The fourth-order valence-corrected chi connectivity index (χ4v) is 4.02. The molecule has 1 amide bonds. The van der Waals surface area contributed by atoms with Crippen LogP contribution in [0.5, 0.6) is 0 Å². The number of para-hydroxylation sites is 1. The zero-order valence-electron chi connectivity index (χ0n) is 13.6. The standard InChI is InChI=1S/C18H17FN4OS/c19-14-11-20-6-5-13(14)18(24)23-9-7-22(8-10-23)12-17-21-15-3-1-2-4-16(15)25-17/h1-6,11H,7-10,12H2. The number of rotatable bonds is 3. The van der Waals surface area contributed by atoms with E-state index in [1.165, 1.54) is 17.0 Å². The van der Waals surface area contributed by atoms with Crippen LogP contribution in [-0.2, 0) is 6.54 Å². The third-order valence-corrected chi connectivity index (χ3v) is 5.38. The van der Waals surface area contributed by atoms with Gasteiger partial charge in [-0.3, -0.25) is 14.7 Å². The van der Waals surface area contributed by atoms with E-state index in [1.54, 1.807) is 16.2 Å². The van der Waals surface area contributed by atoms with Crippen molar-refractivity contribution in [3.8, 4) is 0 Å². The average Bonchev–Trinajstić information content (AvgIpc) is 3.04. The first-order chi connectivity index (χ1) is 12.2. The van der Waals surface area contributed by atoms with Crippen molar-refractivity contribution >= 4 is 27.5 Å². The molecule has 1 aromatic carbocycles. The molecule has 128 valence electrons. The molecule has 0 atom stereocenters. The Balaban J connectivity index is 1.38. The summed E-state index contributed by atoms with van der Waals surface area (Å²) in [6.07, 6.45) is 2.52. The number of benzene rings is 1. The average molecular weight is 356 g/mol. The fraction of sp³-hybridized carbons (Fsp3) is 0.278. The lowest BCUT2D eigenvalue weighted by atomic mass is 10.2. The van der Waals surface area contributed by atoms with Gasteiger partial charge in [-0.25, -0.2) is 9.37 Å². The number of fused-ring (bicyclic) bond motifs is 1. The Morgan fingerprint density at radius 1 is 1.16 bits per heavy atom. The van der Waals surface area contributed by atoms with Crippen LogP contribution in [-0.4, -0.2) is 51.9 Å². The summed E-state index contributed by atoms with van der Waals surface area (Å²) in [6.45, 7) is 3.48. The topological polar surface area (TPSA) is 49.3 Å². The molecule has 1 aliphatic rings. The summed E-state index contributed by atoms with van der Waals surface area (Å²) in [5, 5.41) is 1.08. The van der Waals surface area contributed by atoms with Crippen LogP contribution in [0.15, 0.2) is 42.7 Å². The summed E-state index contributed by atoms with van der Waals surface area (Å²) in [5.41, 5.74) is 1.12. The van der Waals surface area contributed by atoms with Gasteiger partial charge in [0.1, 0.15) is 5.01 Å². The van der Waals surface area contributed by atoms with Gasteiger partial charge in [0.05, 0.1) is 28.5 Å². The highest BCUT2D eigenvalue weighted by Crippen LogP contribution is 2.23. The molecule has 3 aromatic rings. The Hall–Kier alpha value is -2.38. The maximum Gasteiger partial charge on any atom is 0.257 e. The molecule has 3 heterocycles. The third kappa shape index (κ3) is 3.38. The van der Waals surface area contributed by atoms with Gasteiger partial charge in [-0.1, -0.05) is 12.1 Å². The van der Waals surface area contributed by atoms with Crippen molar-refractivity contribution in [1.29, 1.82) is 0 Å². The molecule has 0 N–H and O–H groups in total. The van der Waals surface area contributed by atoms with Gasteiger partial charge in [0.2, 0.25) is 0 Å². The number of pyridine rings is 1. The van der Waals surface area contributed by atoms with E-state index in [9.17, 15) is 9.18 Å². The van der Waals surface area contributed by atoms with Crippen LogP contribution in [0.1, 0.15) is 15.4 Å². The molecule has 1 fully saturated rings. The molecular weight excluding hydrogens is 339 g/mol. The number of amides is 1. The van der Waals surface area contributed by atoms with Crippen LogP contribution in [0.3, 0.4) is 0 Å². The summed E-state index contributed by atoms with van der Waals surface area (Å²) >= 11 is 1.71. The van der Waals surface area contributed by atoms with Gasteiger partial charge in [-0.15, -0.1) is 11.3 Å². The highest BCUT2D eigenvalue weighted by Gasteiger charge is 2.24. The molecule has 25 heavy (non-hydrogen) atoms. The molecule has 7 heteroatoms. The highest BCUT2D eigenvalue weighted by molar-refractivity contribution is 7.18. The van der Waals surface area contributed by atoms with Crippen molar-refractivity contribution < 1.29 is 9.18 Å². The number of carbonyl (C=O) groups excluding carboxylic acids is 1. The number of aromatic nitrogens is 2. The fourth-order valence-electron chi connectivity index (χ4n) is 3.01. The third-order valence-electron chi connectivity index (χ3n) is 4.36. The zero-order valence-corrected chi connectivity index (χ0v) is 14.4. The second-order valence-corrected chi connectivity index (χ2v) is 7.11. The van der Waals surface area contributed by atoms with Crippen LogP contribution in [0.4, 0.5) is 4.39 Å². The number of piperazine rings is 1. The molecular formula is C18H17FN4OS. The van der Waals surface area contributed by atoms with Crippen LogP contribution < -0.4 is 0 Å². The summed E-state index contributed by atoms with van der Waals surface area (Å²) < 4.78 is 14.9. The van der Waals surface area contributed by atoms with Gasteiger partial charge in [0, 0.05) is 32.4 Å². The molecule has 2 aromatic heterocycles. The minimum atomic E-state index is -0.565. The van der Waals surface area contributed by atoms with Gasteiger partial charge < -0.3 is 4.90 Å². The number of thiazole rings is 1. The van der Waals surface area contributed by atoms with Crippen molar-refractivity contribution in [2.24, 2.45) is 0 Å². The molecule has 0 radical (unpaired) electrons. The molecule has 0 bridgehead atoms. The van der Waals surface area contributed by atoms with Crippen molar-refractivity contribution in [1.82, 2.24) is 19.8 Å². The predicted molar refractivity (Wildman–Crippen MR) is 95.0 cm³/mol. The quantitative estimate of drug-likeness (QED) is 0.724. The van der Waals surface area contributed by atoms with Gasteiger partial charge in [0.15, 0.2) is 5.82 Å². The number of carbonyl (C=O) groups is 1. The van der Waals surface area contributed by atoms with E-state index in [4.69, 9.17) is 0 Å².